The molecule has 4 aliphatic heterocycles. The average molecular weight is 571 g/mol. The minimum absolute atomic E-state index is 0.00915. The van der Waals surface area contributed by atoms with E-state index in [0.717, 1.165) is 32.1 Å². The van der Waals surface area contributed by atoms with Crippen molar-refractivity contribution in [3.8, 4) is 0 Å². The first-order valence-corrected chi connectivity index (χ1v) is 18.1. The van der Waals surface area contributed by atoms with Gasteiger partial charge in [0, 0.05) is 26.1 Å². The van der Waals surface area contributed by atoms with Gasteiger partial charge in [-0.05, 0) is 70.0 Å². The molecule has 9 heteroatoms. The van der Waals surface area contributed by atoms with Gasteiger partial charge in [-0.1, -0.05) is 27.7 Å². The van der Waals surface area contributed by atoms with Crippen LogP contribution in [0, 0.1) is 5.92 Å². The highest BCUT2D eigenvalue weighted by molar-refractivity contribution is 6.74. The number of ether oxygens (including phenoxy) is 6. The Labute approximate surface area is 237 Å². The van der Waals surface area contributed by atoms with E-state index in [9.17, 15) is 4.79 Å². The minimum atomic E-state index is -1.99. The summed E-state index contributed by atoms with van der Waals surface area (Å²) in [6.45, 7) is 17.8. The molecule has 0 N–H and O–H groups in total. The van der Waals surface area contributed by atoms with Gasteiger partial charge in [-0.15, -0.1) is 0 Å². The Hall–Kier alpha value is -0.553. The highest BCUT2D eigenvalue weighted by Gasteiger charge is 2.45. The molecule has 4 heterocycles. The van der Waals surface area contributed by atoms with Gasteiger partial charge in [0.2, 0.25) is 0 Å². The van der Waals surface area contributed by atoms with Crippen LogP contribution in [-0.2, 0) is 37.6 Å². The predicted molar refractivity (Wildman–Crippen MR) is 151 cm³/mol. The summed E-state index contributed by atoms with van der Waals surface area (Å²) in [6.07, 6.45) is 5.03. The number of hydrogen-bond acceptors (Lipinski definition) is 8. The van der Waals surface area contributed by atoms with E-state index in [2.05, 4.69) is 40.8 Å². The second-order valence-corrected chi connectivity index (χ2v) is 19.1. The third kappa shape index (κ3) is 8.27. The van der Waals surface area contributed by atoms with Crippen LogP contribution >= 0.6 is 0 Å². The molecule has 4 bridgehead atoms. The number of fused-ring (bicyclic) bond motifs is 4. The summed E-state index contributed by atoms with van der Waals surface area (Å²) in [5, 5.41) is 0.108. The molecule has 39 heavy (non-hydrogen) atoms. The average Bonchev–Trinajstić information content (AvgIpc) is 3.18. The minimum Gasteiger partial charge on any atom is -0.459 e. The first kappa shape index (κ1) is 31.4. The van der Waals surface area contributed by atoms with Crippen molar-refractivity contribution in [2.75, 3.05) is 13.7 Å². The van der Waals surface area contributed by atoms with E-state index in [-0.39, 0.29) is 60.2 Å². The molecular weight excluding hydrogens is 516 g/mol. The van der Waals surface area contributed by atoms with E-state index in [1.165, 1.54) is 0 Å². The summed E-state index contributed by atoms with van der Waals surface area (Å²) in [4.78, 5) is 13.4. The van der Waals surface area contributed by atoms with Gasteiger partial charge < -0.3 is 32.8 Å². The third-order valence-electron chi connectivity index (χ3n) is 9.62. The van der Waals surface area contributed by atoms with Crippen LogP contribution in [0.2, 0.25) is 18.1 Å². The fraction of sp³-hybridized carbons (Fsp3) is 0.967. The van der Waals surface area contributed by atoms with Gasteiger partial charge in [0.15, 0.2) is 14.1 Å². The third-order valence-corrected chi connectivity index (χ3v) is 14.2. The van der Waals surface area contributed by atoms with Crippen molar-refractivity contribution < 1.29 is 37.6 Å². The van der Waals surface area contributed by atoms with E-state index in [1.54, 1.807) is 7.11 Å². The van der Waals surface area contributed by atoms with Crippen LogP contribution in [0.4, 0.5) is 0 Å². The first-order chi connectivity index (χ1) is 18.1. The van der Waals surface area contributed by atoms with Gasteiger partial charge in [-0.2, -0.15) is 0 Å². The molecule has 0 amide bonds. The molecule has 8 nitrogen and oxygen atoms in total. The zero-order valence-corrected chi connectivity index (χ0v) is 26.8. The molecule has 0 unspecified atom stereocenters. The summed E-state index contributed by atoms with van der Waals surface area (Å²) in [7, 11) is -0.202. The Morgan fingerprint density at radius 3 is 2.21 bits per heavy atom. The molecule has 4 aliphatic rings. The number of cyclic esters (lactones) is 1. The van der Waals surface area contributed by atoms with E-state index < -0.39 is 20.2 Å². The van der Waals surface area contributed by atoms with Gasteiger partial charge in [0.25, 0.3) is 0 Å². The Balaban J connectivity index is 1.56. The molecule has 0 aromatic rings. The van der Waals surface area contributed by atoms with E-state index in [0.29, 0.717) is 25.4 Å². The Morgan fingerprint density at radius 1 is 0.872 bits per heavy atom. The Kier molecular flexibility index (Phi) is 9.94. The van der Waals surface area contributed by atoms with E-state index >= 15 is 0 Å². The predicted octanol–water partition coefficient (Wildman–Crippen LogP) is 5.76. The number of esters is 1. The molecule has 0 aromatic carbocycles. The van der Waals surface area contributed by atoms with Crippen molar-refractivity contribution in [2.45, 2.75) is 166 Å². The molecule has 0 spiro atoms. The summed E-state index contributed by atoms with van der Waals surface area (Å²) >= 11 is 0. The molecule has 0 radical (unpaired) electrons. The normalized spacial score (nSPS) is 40.5. The lowest BCUT2D eigenvalue weighted by molar-refractivity contribution is -0.185. The van der Waals surface area contributed by atoms with Gasteiger partial charge in [-0.3, -0.25) is 4.79 Å². The quantitative estimate of drug-likeness (QED) is 0.312. The van der Waals surface area contributed by atoms with Crippen LogP contribution in [0.5, 0.6) is 0 Å². The van der Waals surface area contributed by atoms with Crippen LogP contribution in [-0.4, -0.2) is 82.6 Å². The fourth-order valence-corrected chi connectivity index (χ4v) is 7.64. The lowest BCUT2D eigenvalue weighted by atomic mass is 9.86. The van der Waals surface area contributed by atoms with Gasteiger partial charge >= 0.3 is 5.97 Å². The first-order valence-electron chi connectivity index (χ1n) is 15.2. The lowest BCUT2D eigenvalue weighted by Crippen LogP contribution is -2.49. The zero-order valence-electron chi connectivity index (χ0n) is 25.8. The van der Waals surface area contributed by atoms with Crippen LogP contribution in [0.15, 0.2) is 0 Å². The highest BCUT2D eigenvalue weighted by Crippen LogP contribution is 2.41. The summed E-state index contributed by atoms with van der Waals surface area (Å²) in [5.41, 5.74) is 0. The SMILES string of the molecule is CO[C@@H]1C[C@@H]2C[C@@H](O[Si](C)(C)C(C)(C)C)C[C@H](CC(=O)O[C@@H]([C@H]3COC(C)(C)O3)C[C@@H]3CC[C@H](C)[C@@H](C1)O3)O2. The zero-order chi connectivity index (χ0) is 28.6. The number of carbonyl (C=O) groups is 1. The van der Waals surface area contributed by atoms with Crippen LogP contribution < -0.4 is 0 Å². The van der Waals surface area contributed by atoms with Gasteiger partial charge in [-0.25, -0.2) is 0 Å². The standard InChI is InChI=1S/C30H54O8Si/c1-19-10-11-20-15-26(27-18-33-30(5,6)37-27)36-28(31)17-23-14-24(38-39(8,9)29(2,3)4)13-22(34-23)12-21(32-7)16-25(19)35-20/h19-27H,10-18H2,1-9H3/t19-,20-,21+,22+,23+,24+,25+,26+,27+/m0/s1. The largest absolute Gasteiger partial charge is 0.459 e. The monoisotopic (exact) mass is 570 g/mol. The number of methoxy groups -OCH3 is 1. The van der Waals surface area contributed by atoms with E-state index in [4.69, 9.17) is 32.8 Å². The van der Waals surface area contributed by atoms with Crippen molar-refractivity contribution in [1.82, 2.24) is 0 Å². The number of carbonyl (C=O) groups excluding carboxylic acids is 1. The van der Waals surface area contributed by atoms with Crippen molar-refractivity contribution in [1.29, 1.82) is 0 Å². The number of hydrogen-bond donors (Lipinski definition) is 0. The topological polar surface area (TPSA) is 81.7 Å². The molecule has 4 saturated heterocycles. The molecule has 4 fully saturated rings. The summed E-state index contributed by atoms with van der Waals surface area (Å²) < 4.78 is 44.2. The van der Waals surface area contributed by atoms with Gasteiger partial charge in [0.05, 0.1) is 43.5 Å². The number of rotatable bonds is 4. The smallest absolute Gasteiger partial charge is 0.308 e. The molecule has 0 aliphatic carbocycles. The van der Waals surface area contributed by atoms with Crippen molar-refractivity contribution in [3.05, 3.63) is 0 Å². The Morgan fingerprint density at radius 2 is 1.56 bits per heavy atom. The second-order valence-electron chi connectivity index (χ2n) is 14.4. The van der Waals surface area contributed by atoms with Crippen molar-refractivity contribution in [3.63, 3.8) is 0 Å². The molecule has 4 rings (SSSR count). The lowest BCUT2D eigenvalue weighted by Gasteiger charge is -2.44. The van der Waals surface area contributed by atoms with Crippen molar-refractivity contribution >= 4 is 14.3 Å². The molecule has 226 valence electrons. The molecule has 0 aromatic heterocycles. The van der Waals surface area contributed by atoms with Crippen LogP contribution in [0.3, 0.4) is 0 Å². The fourth-order valence-electron chi connectivity index (χ4n) is 6.26. The maximum absolute atomic E-state index is 13.4. The maximum atomic E-state index is 13.4. The highest BCUT2D eigenvalue weighted by atomic mass is 28.4. The van der Waals surface area contributed by atoms with Crippen molar-refractivity contribution in [2.24, 2.45) is 5.92 Å². The summed E-state index contributed by atoms with van der Waals surface area (Å²) in [6, 6.07) is 0. The molecule has 9 atom stereocenters. The van der Waals surface area contributed by atoms with Crippen LogP contribution in [0.1, 0.15) is 92.9 Å². The Bertz CT molecular complexity index is 826. The van der Waals surface area contributed by atoms with Crippen LogP contribution in [0.25, 0.3) is 0 Å². The van der Waals surface area contributed by atoms with E-state index in [1.807, 2.05) is 13.8 Å². The molecular formula is C30H54O8Si. The molecule has 0 saturated carbocycles. The van der Waals surface area contributed by atoms with Gasteiger partial charge in [0.1, 0.15) is 12.2 Å². The maximum Gasteiger partial charge on any atom is 0.308 e. The summed E-state index contributed by atoms with van der Waals surface area (Å²) in [5.74, 6) is -0.515. The second kappa shape index (κ2) is 12.4.